The van der Waals surface area contributed by atoms with Crippen molar-refractivity contribution in [3.8, 4) is 0 Å². The fraction of sp³-hybridized carbons (Fsp3) is 0.333. The summed E-state index contributed by atoms with van der Waals surface area (Å²) < 4.78 is 0. The lowest BCUT2D eigenvalue weighted by Crippen LogP contribution is -2.02. The van der Waals surface area contributed by atoms with Gasteiger partial charge in [-0.3, -0.25) is 10.1 Å². The van der Waals surface area contributed by atoms with E-state index in [1.54, 1.807) is 19.9 Å². The SMILES string of the molecule is Cc1cc(C)c([N+](=O)[O-])c(N)c1C. The minimum atomic E-state index is -0.433. The molecule has 2 N–H and O–H groups in total. The smallest absolute Gasteiger partial charge is 0.295 e. The van der Waals surface area contributed by atoms with Crippen LogP contribution in [0.25, 0.3) is 0 Å². The highest BCUT2D eigenvalue weighted by Gasteiger charge is 2.18. The van der Waals surface area contributed by atoms with Crippen molar-refractivity contribution in [2.24, 2.45) is 0 Å². The summed E-state index contributed by atoms with van der Waals surface area (Å²) in [6.07, 6.45) is 0. The fourth-order valence-electron chi connectivity index (χ4n) is 1.35. The first-order valence-corrected chi connectivity index (χ1v) is 3.95. The van der Waals surface area contributed by atoms with E-state index in [9.17, 15) is 10.1 Å². The van der Waals surface area contributed by atoms with Crippen LogP contribution in [0, 0.1) is 30.9 Å². The van der Waals surface area contributed by atoms with Gasteiger partial charge in [-0.15, -0.1) is 0 Å². The van der Waals surface area contributed by atoms with Crippen LogP contribution in [0.1, 0.15) is 16.7 Å². The number of aryl methyl sites for hydroxylation is 2. The van der Waals surface area contributed by atoms with Crippen LogP contribution < -0.4 is 5.73 Å². The second kappa shape index (κ2) is 3.05. The van der Waals surface area contributed by atoms with Gasteiger partial charge in [-0.05, 0) is 38.0 Å². The molecule has 70 valence electrons. The number of nitrogens with two attached hydrogens (primary N) is 1. The molecule has 0 saturated carbocycles. The maximum absolute atomic E-state index is 10.6. The quantitative estimate of drug-likeness (QED) is 0.408. The molecule has 0 aliphatic carbocycles. The van der Waals surface area contributed by atoms with E-state index >= 15 is 0 Å². The summed E-state index contributed by atoms with van der Waals surface area (Å²) in [6.45, 7) is 5.38. The van der Waals surface area contributed by atoms with Gasteiger partial charge in [0.25, 0.3) is 5.69 Å². The summed E-state index contributed by atoms with van der Waals surface area (Å²) in [4.78, 5) is 10.2. The molecular formula is C9H12N2O2. The molecule has 1 rings (SSSR count). The third-order valence-electron chi connectivity index (χ3n) is 2.24. The third-order valence-corrected chi connectivity index (χ3v) is 2.24. The highest BCUT2D eigenvalue weighted by atomic mass is 16.6. The molecule has 0 spiro atoms. The lowest BCUT2D eigenvalue weighted by Gasteiger charge is -2.07. The Hall–Kier alpha value is -1.58. The number of rotatable bonds is 1. The van der Waals surface area contributed by atoms with Gasteiger partial charge in [-0.1, -0.05) is 0 Å². The summed E-state index contributed by atoms with van der Waals surface area (Å²) in [5.74, 6) is 0. The molecule has 0 saturated heterocycles. The molecule has 0 aromatic heterocycles. The van der Waals surface area contributed by atoms with E-state index in [4.69, 9.17) is 5.73 Å². The number of hydrogen-bond acceptors (Lipinski definition) is 3. The molecule has 0 bridgehead atoms. The summed E-state index contributed by atoms with van der Waals surface area (Å²) >= 11 is 0. The van der Waals surface area contributed by atoms with Crippen LogP contribution in [0.15, 0.2) is 6.07 Å². The largest absolute Gasteiger partial charge is 0.393 e. The number of nitrogen functional groups attached to an aromatic ring is 1. The Labute approximate surface area is 76.5 Å². The predicted octanol–water partition coefficient (Wildman–Crippen LogP) is 2.10. The predicted molar refractivity (Wildman–Crippen MR) is 51.7 cm³/mol. The number of nitro benzene ring substituents is 1. The Morgan fingerprint density at radius 2 is 1.85 bits per heavy atom. The summed E-state index contributed by atoms with van der Waals surface area (Å²) in [7, 11) is 0. The Bertz CT molecular complexity index is 372. The number of nitro groups is 1. The second-order valence-corrected chi connectivity index (χ2v) is 3.15. The molecule has 0 unspecified atom stereocenters. The van der Waals surface area contributed by atoms with Crippen LogP contribution in [0.2, 0.25) is 0 Å². The van der Waals surface area contributed by atoms with Crippen LogP contribution in [-0.4, -0.2) is 4.92 Å². The van der Waals surface area contributed by atoms with Crippen molar-refractivity contribution in [1.82, 2.24) is 0 Å². The second-order valence-electron chi connectivity index (χ2n) is 3.15. The van der Waals surface area contributed by atoms with Gasteiger partial charge in [0.05, 0.1) is 4.92 Å². The van der Waals surface area contributed by atoms with Crippen molar-refractivity contribution >= 4 is 11.4 Å². The number of hydrogen-bond donors (Lipinski definition) is 1. The van der Waals surface area contributed by atoms with E-state index in [-0.39, 0.29) is 11.4 Å². The lowest BCUT2D eigenvalue weighted by atomic mass is 10.0. The average molecular weight is 180 g/mol. The molecule has 0 aliphatic rings. The highest BCUT2D eigenvalue weighted by Crippen LogP contribution is 2.30. The summed E-state index contributed by atoms with van der Waals surface area (Å²) in [6, 6.07) is 1.78. The lowest BCUT2D eigenvalue weighted by molar-refractivity contribution is -0.384. The first-order chi connectivity index (χ1) is 5.95. The molecule has 4 heteroatoms. The van der Waals surface area contributed by atoms with Gasteiger partial charge in [0, 0.05) is 5.56 Å². The molecule has 0 fully saturated rings. The number of nitrogens with zero attached hydrogens (tertiary/aromatic N) is 1. The standard InChI is InChI=1S/C9H12N2O2/c1-5-4-6(2)9(11(12)13)8(10)7(5)3/h4H,10H2,1-3H3. The van der Waals surface area contributed by atoms with Crippen molar-refractivity contribution < 1.29 is 4.92 Å². The Kier molecular flexibility index (Phi) is 2.23. The molecule has 13 heavy (non-hydrogen) atoms. The maximum Gasteiger partial charge on any atom is 0.295 e. The van der Waals surface area contributed by atoms with Gasteiger partial charge in [-0.2, -0.15) is 0 Å². The minimum absolute atomic E-state index is 0.0306. The Morgan fingerprint density at radius 3 is 2.31 bits per heavy atom. The van der Waals surface area contributed by atoms with Crippen molar-refractivity contribution in [1.29, 1.82) is 0 Å². The molecule has 4 nitrogen and oxygen atoms in total. The van der Waals surface area contributed by atoms with E-state index < -0.39 is 4.92 Å². The fourth-order valence-corrected chi connectivity index (χ4v) is 1.35. The van der Waals surface area contributed by atoms with Gasteiger partial charge in [0.15, 0.2) is 0 Å². The van der Waals surface area contributed by atoms with Gasteiger partial charge in [0.2, 0.25) is 0 Å². The third kappa shape index (κ3) is 1.47. The molecule has 0 radical (unpaired) electrons. The Morgan fingerprint density at radius 1 is 1.31 bits per heavy atom. The van der Waals surface area contributed by atoms with Crippen molar-refractivity contribution in [3.05, 3.63) is 32.9 Å². The van der Waals surface area contributed by atoms with Crippen LogP contribution in [0.5, 0.6) is 0 Å². The van der Waals surface area contributed by atoms with Gasteiger partial charge in [-0.25, -0.2) is 0 Å². The van der Waals surface area contributed by atoms with Crippen LogP contribution in [-0.2, 0) is 0 Å². The molecule has 0 atom stereocenters. The average Bonchev–Trinajstić information content (AvgIpc) is 1.99. The molecule has 1 aromatic carbocycles. The van der Waals surface area contributed by atoms with Crippen molar-refractivity contribution in [2.75, 3.05) is 5.73 Å². The van der Waals surface area contributed by atoms with E-state index in [2.05, 4.69) is 0 Å². The van der Waals surface area contributed by atoms with E-state index in [1.165, 1.54) is 0 Å². The number of anilines is 1. The topological polar surface area (TPSA) is 69.2 Å². The first kappa shape index (κ1) is 9.51. The highest BCUT2D eigenvalue weighted by molar-refractivity contribution is 5.68. The first-order valence-electron chi connectivity index (χ1n) is 3.95. The summed E-state index contributed by atoms with van der Waals surface area (Å²) in [5, 5.41) is 10.6. The van der Waals surface area contributed by atoms with Crippen LogP contribution in [0.3, 0.4) is 0 Å². The van der Waals surface area contributed by atoms with Gasteiger partial charge >= 0.3 is 0 Å². The molecule has 0 amide bonds. The van der Waals surface area contributed by atoms with Gasteiger partial charge < -0.3 is 5.73 Å². The van der Waals surface area contributed by atoms with Crippen LogP contribution in [0.4, 0.5) is 11.4 Å². The van der Waals surface area contributed by atoms with Gasteiger partial charge in [0.1, 0.15) is 5.69 Å². The zero-order valence-corrected chi connectivity index (χ0v) is 7.92. The van der Waals surface area contributed by atoms with Crippen molar-refractivity contribution in [3.63, 3.8) is 0 Å². The molecule has 1 aromatic rings. The van der Waals surface area contributed by atoms with E-state index in [0.29, 0.717) is 5.56 Å². The van der Waals surface area contributed by atoms with Crippen molar-refractivity contribution in [2.45, 2.75) is 20.8 Å². The summed E-state index contributed by atoms with van der Waals surface area (Å²) in [5.41, 5.74) is 8.35. The van der Waals surface area contributed by atoms with E-state index in [1.807, 2.05) is 6.92 Å². The molecular weight excluding hydrogens is 168 g/mol. The minimum Gasteiger partial charge on any atom is -0.393 e. The molecule has 0 aliphatic heterocycles. The maximum atomic E-state index is 10.6. The number of benzene rings is 1. The zero-order chi connectivity index (χ0) is 10.2. The Balaban J connectivity index is 3.53. The van der Waals surface area contributed by atoms with Crippen LogP contribution >= 0.6 is 0 Å². The normalized spacial score (nSPS) is 10.1. The zero-order valence-electron chi connectivity index (χ0n) is 7.92. The monoisotopic (exact) mass is 180 g/mol. The van der Waals surface area contributed by atoms with E-state index in [0.717, 1.165) is 11.1 Å². The molecule has 0 heterocycles.